The van der Waals surface area contributed by atoms with Crippen LogP contribution in [0.1, 0.15) is 61.5 Å². The summed E-state index contributed by atoms with van der Waals surface area (Å²) in [6, 6.07) is 9.51. The van der Waals surface area contributed by atoms with E-state index in [0.29, 0.717) is 31.4 Å². The Morgan fingerprint density at radius 2 is 1.73 bits per heavy atom. The molecule has 1 spiro atoms. The van der Waals surface area contributed by atoms with Gasteiger partial charge in [0, 0.05) is 19.0 Å². The highest BCUT2D eigenvalue weighted by Crippen LogP contribution is 2.45. The van der Waals surface area contributed by atoms with E-state index in [1.807, 2.05) is 11.9 Å². The number of cyclic esters (lactones) is 1. The smallest absolute Gasteiger partial charge is 0.407 e. The van der Waals surface area contributed by atoms with Gasteiger partial charge in [-0.15, -0.1) is 0 Å². The number of nitrogens with zero attached hydrogens (tertiary/aromatic N) is 1. The van der Waals surface area contributed by atoms with Crippen molar-refractivity contribution >= 4 is 12.0 Å². The van der Waals surface area contributed by atoms with Gasteiger partial charge in [0.15, 0.2) is 0 Å². The van der Waals surface area contributed by atoms with Gasteiger partial charge in [-0.3, -0.25) is 4.79 Å². The summed E-state index contributed by atoms with van der Waals surface area (Å²) in [7, 11) is 1.94. The highest BCUT2D eigenvalue weighted by atomic mass is 16.6. The Balaban J connectivity index is 1.12. The summed E-state index contributed by atoms with van der Waals surface area (Å²) in [5, 5.41) is 2.86. The maximum absolute atomic E-state index is 12.7. The Hall–Kier alpha value is -2.04. The molecule has 4 fully saturated rings. The van der Waals surface area contributed by atoms with E-state index in [-0.39, 0.29) is 23.5 Å². The molecule has 1 N–H and O–H groups in total. The number of ether oxygens (including phenoxy) is 1. The van der Waals surface area contributed by atoms with Gasteiger partial charge in [-0.05, 0) is 61.5 Å². The van der Waals surface area contributed by atoms with Gasteiger partial charge in [0.1, 0.15) is 6.61 Å². The quantitative estimate of drug-likeness (QED) is 0.904. The third-order valence-corrected chi connectivity index (χ3v) is 6.94. The molecule has 4 aliphatic rings. The van der Waals surface area contributed by atoms with Gasteiger partial charge < -0.3 is 15.0 Å². The molecular weight excluding hydrogens is 328 g/mol. The number of amides is 2. The molecule has 1 aromatic carbocycles. The maximum atomic E-state index is 12.7. The lowest BCUT2D eigenvalue weighted by Crippen LogP contribution is -2.59. The van der Waals surface area contributed by atoms with Gasteiger partial charge in [0.25, 0.3) is 0 Å². The molecule has 5 nitrogen and oxygen atoms in total. The van der Waals surface area contributed by atoms with Gasteiger partial charge >= 0.3 is 6.09 Å². The molecule has 1 aromatic rings. The molecule has 3 aliphatic carbocycles. The largest absolute Gasteiger partial charge is 0.447 e. The van der Waals surface area contributed by atoms with E-state index in [1.165, 1.54) is 24.0 Å². The van der Waals surface area contributed by atoms with E-state index >= 15 is 0 Å². The average Bonchev–Trinajstić information content (AvgIpc) is 3.34. The lowest BCUT2D eigenvalue weighted by Gasteiger charge is -2.47. The molecule has 0 atom stereocenters. The summed E-state index contributed by atoms with van der Waals surface area (Å²) < 4.78 is 4.99. The van der Waals surface area contributed by atoms with Crippen LogP contribution < -0.4 is 5.32 Å². The van der Waals surface area contributed by atoms with Crippen molar-refractivity contribution in [3.8, 4) is 0 Å². The SMILES string of the molecule is CN(C(=O)C1CC2(COC(=O)N2)C1)C1CC(c2ccc(C3CC3)cc2)C1. The first-order valence-corrected chi connectivity index (χ1v) is 9.84. The molecular formula is C21H26N2O3. The number of hydrogen-bond acceptors (Lipinski definition) is 3. The summed E-state index contributed by atoms with van der Waals surface area (Å²) in [5.74, 6) is 1.64. The third kappa shape index (κ3) is 2.68. The van der Waals surface area contributed by atoms with Crippen molar-refractivity contribution in [3.05, 3.63) is 35.4 Å². The predicted molar refractivity (Wildman–Crippen MR) is 96.9 cm³/mol. The minimum atomic E-state index is -0.348. The zero-order valence-electron chi connectivity index (χ0n) is 15.2. The van der Waals surface area contributed by atoms with Crippen molar-refractivity contribution in [2.75, 3.05) is 13.7 Å². The van der Waals surface area contributed by atoms with Gasteiger partial charge in [0.2, 0.25) is 5.91 Å². The number of rotatable bonds is 4. The van der Waals surface area contributed by atoms with E-state index in [0.717, 1.165) is 18.8 Å². The number of hydrogen-bond donors (Lipinski definition) is 1. The molecule has 1 saturated heterocycles. The van der Waals surface area contributed by atoms with E-state index in [4.69, 9.17) is 4.74 Å². The fourth-order valence-electron chi connectivity index (χ4n) is 4.87. The monoisotopic (exact) mass is 354 g/mol. The second kappa shape index (κ2) is 5.73. The fourth-order valence-corrected chi connectivity index (χ4v) is 4.87. The molecule has 0 unspecified atom stereocenters. The van der Waals surface area contributed by atoms with E-state index in [9.17, 15) is 9.59 Å². The molecule has 0 bridgehead atoms. The van der Waals surface area contributed by atoms with Crippen molar-refractivity contribution in [2.45, 2.75) is 61.9 Å². The molecule has 1 aliphatic heterocycles. The molecule has 138 valence electrons. The van der Waals surface area contributed by atoms with Crippen molar-refractivity contribution in [2.24, 2.45) is 5.92 Å². The molecule has 3 saturated carbocycles. The molecule has 5 rings (SSSR count). The van der Waals surface area contributed by atoms with Crippen LogP contribution in [0.4, 0.5) is 4.79 Å². The first-order valence-electron chi connectivity index (χ1n) is 9.84. The van der Waals surface area contributed by atoms with Crippen LogP contribution >= 0.6 is 0 Å². The van der Waals surface area contributed by atoms with Crippen molar-refractivity contribution < 1.29 is 14.3 Å². The number of nitrogens with one attached hydrogen (secondary N) is 1. The normalized spacial score (nSPS) is 35.3. The maximum Gasteiger partial charge on any atom is 0.407 e. The molecule has 0 aromatic heterocycles. The summed E-state index contributed by atoms with van der Waals surface area (Å²) in [5.41, 5.74) is 2.63. The lowest BCUT2D eigenvalue weighted by molar-refractivity contribution is -0.143. The number of benzene rings is 1. The lowest BCUT2D eigenvalue weighted by atomic mass is 9.67. The molecule has 0 radical (unpaired) electrons. The van der Waals surface area contributed by atoms with Crippen molar-refractivity contribution in [1.82, 2.24) is 10.2 Å². The molecule has 1 heterocycles. The fraction of sp³-hybridized carbons (Fsp3) is 0.619. The highest BCUT2D eigenvalue weighted by molar-refractivity contribution is 5.81. The first-order chi connectivity index (χ1) is 12.5. The van der Waals surface area contributed by atoms with E-state index < -0.39 is 0 Å². The van der Waals surface area contributed by atoms with Crippen LogP contribution in [0.15, 0.2) is 24.3 Å². The average molecular weight is 354 g/mol. The van der Waals surface area contributed by atoms with Crippen LogP contribution in [-0.2, 0) is 9.53 Å². The minimum Gasteiger partial charge on any atom is -0.447 e. The standard InChI is InChI=1S/C21H26N2O3/c1-23(19(24)17-10-21(11-17)12-26-20(25)22-21)18-8-16(9-18)15-6-4-14(5-7-15)13-2-3-13/h4-7,13,16-18H,2-3,8-12H2,1H3,(H,22,25). The Bertz CT molecular complexity index is 728. The van der Waals surface area contributed by atoms with Crippen LogP contribution in [0, 0.1) is 5.92 Å². The van der Waals surface area contributed by atoms with Crippen LogP contribution in [0.25, 0.3) is 0 Å². The van der Waals surface area contributed by atoms with E-state index in [1.54, 1.807) is 0 Å². The van der Waals surface area contributed by atoms with Crippen LogP contribution in [0.5, 0.6) is 0 Å². The van der Waals surface area contributed by atoms with Gasteiger partial charge in [-0.25, -0.2) is 4.79 Å². The highest BCUT2D eigenvalue weighted by Gasteiger charge is 2.53. The van der Waals surface area contributed by atoms with Gasteiger partial charge in [-0.2, -0.15) is 0 Å². The van der Waals surface area contributed by atoms with Crippen LogP contribution in [0.3, 0.4) is 0 Å². The summed E-state index contributed by atoms with van der Waals surface area (Å²) >= 11 is 0. The van der Waals surface area contributed by atoms with Crippen molar-refractivity contribution in [3.63, 3.8) is 0 Å². The second-order valence-electron chi connectivity index (χ2n) is 8.80. The molecule has 26 heavy (non-hydrogen) atoms. The first kappa shape index (κ1) is 16.2. The van der Waals surface area contributed by atoms with E-state index in [2.05, 4.69) is 29.6 Å². The van der Waals surface area contributed by atoms with Gasteiger partial charge in [-0.1, -0.05) is 24.3 Å². The summed E-state index contributed by atoms with van der Waals surface area (Å²) in [6.45, 7) is 0.404. The second-order valence-corrected chi connectivity index (χ2v) is 8.80. The Morgan fingerprint density at radius 1 is 1.12 bits per heavy atom. The Morgan fingerprint density at radius 3 is 2.27 bits per heavy atom. The summed E-state index contributed by atoms with van der Waals surface area (Å²) in [4.78, 5) is 25.9. The van der Waals surface area contributed by atoms with Crippen molar-refractivity contribution in [1.29, 1.82) is 0 Å². The Labute approximate surface area is 154 Å². The number of alkyl carbamates (subject to hydrolysis) is 1. The predicted octanol–water partition coefficient (Wildman–Crippen LogP) is 3.16. The Kier molecular flexibility index (Phi) is 3.56. The number of carbonyl (C=O) groups excluding carboxylic acids is 2. The summed E-state index contributed by atoms with van der Waals surface area (Å²) in [6.07, 6.45) is 5.87. The van der Waals surface area contributed by atoms with Crippen LogP contribution in [-0.4, -0.2) is 42.1 Å². The zero-order chi connectivity index (χ0) is 17.9. The molecule has 5 heteroatoms. The van der Waals surface area contributed by atoms with Gasteiger partial charge in [0.05, 0.1) is 5.54 Å². The number of carbonyl (C=O) groups is 2. The zero-order valence-corrected chi connectivity index (χ0v) is 15.2. The molecule has 2 amide bonds. The topological polar surface area (TPSA) is 58.6 Å². The van der Waals surface area contributed by atoms with Crippen LogP contribution in [0.2, 0.25) is 0 Å². The third-order valence-electron chi connectivity index (χ3n) is 6.94. The minimum absolute atomic E-state index is 0.0267.